The van der Waals surface area contributed by atoms with Crippen molar-refractivity contribution in [1.82, 2.24) is 4.98 Å². The molecule has 2 nitrogen and oxygen atoms in total. The molecular formula is C11H11Cl2F3N2. The molecule has 0 unspecified atom stereocenters. The van der Waals surface area contributed by atoms with Gasteiger partial charge in [-0.2, -0.15) is 13.2 Å². The predicted molar refractivity (Wildman–Crippen MR) is 65.2 cm³/mol. The quantitative estimate of drug-likeness (QED) is 0.781. The molecule has 0 N–H and O–H groups in total. The molecule has 0 spiro atoms. The van der Waals surface area contributed by atoms with E-state index in [1.165, 1.54) is 17.2 Å². The molecule has 1 aliphatic rings. The summed E-state index contributed by atoms with van der Waals surface area (Å²) in [5.41, 5.74) is 0.594. The maximum Gasteiger partial charge on any atom is 0.405 e. The summed E-state index contributed by atoms with van der Waals surface area (Å²) in [7, 11) is 0. The van der Waals surface area contributed by atoms with Gasteiger partial charge in [0.15, 0.2) is 0 Å². The highest BCUT2D eigenvalue weighted by atomic mass is 35.5. The first-order valence-electron chi connectivity index (χ1n) is 5.44. The van der Waals surface area contributed by atoms with Gasteiger partial charge in [0.25, 0.3) is 0 Å². The van der Waals surface area contributed by atoms with Gasteiger partial charge in [-0.15, -0.1) is 11.6 Å². The van der Waals surface area contributed by atoms with Crippen molar-refractivity contribution in [2.75, 3.05) is 11.4 Å². The molecule has 100 valence electrons. The Morgan fingerprint density at radius 1 is 1.39 bits per heavy atom. The molecule has 7 heteroatoms. The maximum atomic E-state index is 12.5. The van der Waals surface area contributed by atoms with Gasteiger partial charge in [-0.1, -0.05) is 11.6 Å². The SMILES string of the molecule is FC(F)(F)CN(c1cc(CCl)c(Cl)cn1)C1CC1. The van der Waals surface area contributed by atoms with Gasteiger partial charge in [-0.05, 0) is 24.5 Å². The summed E-state index contributed by atoms with van der Waals surface area (Å²) in [6.45, 7) is -0.992. The van der Waals surface area contributed by atoms with Gasteiger partial charge in [0.05, 0.1) is 5.02 Å². The van der Waals surface area contributed by atoms with E-state index in [0.717, 1.165) is 12.8 Å². The topological polar surface area (TPSA) is 16.1 Å². The number of nitrogens with zero attached hydrogens (tertiary/aromatic N) is 2. The van der Waals surface area contributed by atoms with Crippen molar-refractivity contribution in [3.63, 3.8) is 0 Å². The lowest BCUT2D eigenvalue weighted by Gasteiger charge is -2.25. The minimum atomic E-state index is -4.25. The molecule has 0 aromatic carbocycles. The standard InChI is InChI=1S/C11H11Cl2F3N2/c12-4-7-3-10(17-5-9(7)13)18(8-1-2-8)6-11(14,15)16/h3,5,8H,1-2,4,6H2. The van der Waals surface area contributed by atoms with Gasteiger partial charge in [-0.3, -0.25) is 0 Å². The van der Waals surface area contributed by atoms with Crippen LogP contribution in [-0.4, -0.2) is 23.7 Å². The number of hydrogen-bond acceptors (Lipinski definition) is 2. The van der Waals surface area contributed by atoms with E-state index in [-0.39, 0.29) is 17.7 Å². The van der Waals surface area contributed by atoms with Crippen LogP contribution in [0.2, 0.25) is 5.02 Å². The Labute approximate surface area is 113 Å². The Hall–Kier alpha value is -0.680. The fraction of sp³-hybridized carbons (Fsp3) is 0.545. The zero-order chi connectivity index (χ0) is 13.3. The second-order valence-corrected chi connectivity index (χ2v) is 4.92. The Bertz CT molecular complexity index is 433. The number of anilines is 1. The van der Waals surface area contributed by atoms with Crippen LogP contribution < -0.4 is 4.90 Å². The maximum absolute atomic E-state index is 12.5. The first kappa shape index (κ1) is 13.7. The van der Waals surface area contributed by atoms with Crippen LogP contribution >= 0.6 is 23.2 Å². The van der Waals surface area contributed by atoms with E-state index in [2.05, 4.69) is 4.98 Å². The minimum Gasteiger partial charge on any atom is -0.345 e. The van der Waals surface area contributed by atoms with Crippen molar-refractivity contribution in [3.05, 3.63) is 22.8 Å². The first-order chi connectivity index (χ1) is 8.40. The molecule has 1 fully saturated rings. The highest BCUT2D eigenvalue weighted by Gasteiger charge is 2.38. The Kier molecular flexibility index (Phi) is 3.92. The van der Waals surface area contributed by atoms with E-state index in [0.29, 0.717) is 10.6 Å². The third-order valence-electron chi connectivity index (χ3n) is 2.70. The Morgan fingerprint density at radius 3 is 2.56 bits per heavy atom. The van der Waals surface area contributed by atoms with Gasteiger partial charge in [0.2, 0.25) is 0 Å². The molecule has 0 atom stereocenters. The average molecular weight is 299 g/mol. The highest BCUT2D eigenvalue weighted by Crippen LogP contribution is 2.34. The molecule has 1 aromatic rings. The number of hydrogen-bond donors (Lipinski definition) is 0. The van der Waals surface area contributed by atoms with Crippen LogP contribution in [0.25, 0.3) is 0 Å². The van der Waals surface area contributed by atoms with Gasteiger partial charge < -0.3 is 4.90 Å². The number of aromatic nitrogens is 1. The van der Waals surface area contributed by atoms with Gasteiger partial charge >= 0.3 is 6.18 Å². The smallest absolute Gasteiger partial charge is 0.345 e. The van der Waals surface area contributed by atoms with Gasteiger partial charge in [0.1, 0.15) is 12.4 Å². The second kappa shape index (κ2) is 5.13. The van der Waals surface area contributed by atoms with E-state index < -0.39 is 12.7 Å². The molecule has 1 heterocycles. The average Bonchev–Trinajstić information content (AvgIpc) is 3.09. The number of alkyl halides is 4. The lowest BCUT2D eigenvalue weighted by Crippen LogP contribution is -2.36. The summed E-state index contributed by atoms with van der Waals surface area (Å²) >= 11 is 11.5. The van der Waals surface area contributed by atoms with Gasteiger partial charge in [-0.25, -0.2) is 4.98 Å². The van der Waals surface area contributed by atoms with Crippen molar-refractivity contribution in [1.29, 1.82) is 0 Å². The van der Waals surface area contributed by atoms with Crippen molar-refractivity contribution < 1.29 is 13.2 Å². The monoisotopic (exact) mass is 298 g/mol. The lowest BCUT2D eigenvalue weighted by molar-refractivity contribution is -0.120. The highest BCUT2D eigenvalue weighted by molar-refractivity contribution is 6.32. The van der Waals surface area contributed by atoms with Crippen molar-refractivity contribution in [2.45, 2.75) is 30.9 Å². The van der Waals surface area contributed by atoms with Crippen molar-refractivity contribution in [3.8, 4) is 0 Å². The summed E-state index contributed by atoms with van der Waals surface area (Å²) in [4.78, 5) is 5.24. The fourth-order valence-electron chi connectivity index (χ4n) is 1.70. The molecular weight excluding hydrogens is 288 g/mol. The van der Waals surface area contributed by atoms with Crippen LogP contribution in [0.5, 0.6) is 0 Å². The zero-order valence-corrected chi connectivity index (χ0v) is 10.9. The number of rotatable bonds is 4. The second-order valence-electron chi connectivity index (χ2n) is 4.24. The molecule has 0 aliphatic heterocycles. The molecule has 0 radical (unpaired) electrons. The Balaban J connectivity index is 2.25. The van der Waals surface area contributed by atoms with Crippen molar-refractivity contribution >= 4 is 29.0 Å². The molecule has 18 heavy (non-hydrogen) atoms. The lowest BCUT2D eigenvalue weighted by atomic mass is 10.2. The molecule has 2 rings (SSSR count). The van der Waals surface area contributed by atoms with Crippen molar-refractivity contribution in [2.24, 2.45) is 0 Å². The van der Waals surface area contributed by atoms with E-state index >= 15 is 0 Å². The minimum absolute atomic E-state index is 0.0801. The molecule has 1 aliphatic carbocycles. The molecule has 0 amide bonds. The zero-order valence-electron chi connectivity index (χ0n) is 9.34. The number of pyridine rings is 1. The fourth-order valence-corrected chi connectivity index (χ4v) is 2.16. The summed E-state index contributed by atoms with van der Waals surface area (Å²) < 4.78 is 37.6. The van der Waals surface area contributed by atoms with Gasteiger partial charge in [0, 0.05) is 18.1 Å². The Morgan fingerprint density at radius 2 is 2.06 bits per heavy atom. The summed E-state index contributed by atoms with van der Waals surface area (Å²) in [5, 5.41) is 0.372. The van der Waals surface area contributed by atoms with Crippen LogP contribution in [0, 0.1) is 0 Å². The van der Waals surface area contributed by atoms with E-state index in [9.17, 15) is 13.2 Å². The third kappa shape index (κ3) is 3.42. The van der Waals surface area contributed by atoms with Crippen LogP contribution in [0.3, 0.4) is 0 Å². The van der Waals surface area contributed by atoms with Crippen LogP contribution in [0.15, 0.2) is 12.3 Å². The first-order valence-corrected chi connectivity index (χ1v) is 6.36. The third-order valence-corrected chi connectivity index (χ3v) is 3.32. The molecule has 1 saturated carbocycles. The van der Waals surface area contributed by atoms with E-state index in [1.54, 1.807) is 0 Å². The summed E-state index contributed by atoms with van der Waals surface area (Å²) in [6, 6.07) is 1.45. The summed E-state index contributed by atoms with van der Waals surface area (Å²) in [5.74, 6) is 0.439. The molecule has 0 saturated heterocycles. The molecule has 0 bridgehead atoms. The van der Waals surface area contributed by atoms with Crippen LogP contribution in [-0.2, 0) is 5.88 Å². The summed E-state index contributed by atoms with van der Waals surface area (Å²) in [6.07, 6.45) is -1.38. The van der Waals surface area contributed by atoms with Crippen LogP contribution in [0.4, 0.5) is 19.0 Å². The molecule has 1 aromatic heterocycles. The predicted octanol–water partition coefficient (Wildman–Crippen LogP) is 4.00. The van der Waals surface area contributed by atoms with E-state index in [1.807, 2.05) is 0 Å². The normalized spacial score (nSPS) is 15.8. The number of halogens is 5. The van der Waals surface area contributed by atoms with Crippen LogP contribution in [0.1, 0.15) is 18.4 Å². The van der Waals surface area contributed by atoms with E-state index in [4.69, 9.17) is 23.2 Å². The largest absolute Gasteiger partial charge is 0.405 e.